The van der Waals surface area contributed by atoms with Crippen LogP contribution in [-0.4, -0.2) is 10.5 Å². The Balaban J connectivity index is 1.67. The van der Waals surface area contributed by atoms with E-state index in [9.17, 15) is 9.59 Å². The summed E-state index contributed by atoms with van der Waals surface area (Å²) in [4.78, 5) is 25.0. The number of nitrogens with one attached hydrogen (secondary N) is 1. The van der Waals surface area contributed by atoms with Gasteiger partial charge in [-0.3, -0.25) is 4.79 Å². The predicted molar refractivity (Wildman–Crippen MR) is 106 cm³/mol. The lowest BCUT2D eigenvalue weighted by Gasteiger charge is -2.08. The van der Waals surface area contributed by atoms with Gasteiger partial charge in [0.25, 0.3) is 5.91 Å². The third-order valence-electron chi connectivity index (χ3n) is 4.91. The van der Waals surface area contributed by atoms with Gasteiger partial charge in [0, 0.05) is 19.0 Å². The highest BCUT2D eigenvalue weighted by Crippen LogP contribution is 2.25. The van der Waals surface area contributed by atoms with Gasteiger partial charge < -0.3 is 14.3 Å². The molecule has 0 aliphatic heterocycles. The predicted octanol–water partition coefficient (Wildman–Crippen LogP) is 3.78. The molecule has 4 aromatic rings. The molecule has 0 unspecified atom stereocenters. The number of aromatic nitrogens is 1. The zero-order chi connectivity index (χ0) is 19.0. The van der Waals surface area contributed by atoms with Crippen LogP contribution in [0.2, 0.25) is 0 Å². The first-order chi connectivity index (χ1) is 13.1. The lowest BCUT2D eigenvalue weighted by atomic mass is 10.1. The molecule has 1 N–H and O–H groups in total. The van der Waals surface area contributed by atoms with Crippen molar-refractivity contribution in [1.29, 1.82) is 0 Å². The first kappa shape index (κ1) is 17.1. The number of fused-ring (bicyclic) bond motifs is 3. The Kier molecular flexibility index (Phi) is 4.28. The largest absolute Gasteiger partial charge is 0.422 e. The van der Waals surface area contributed by atoms with E-state index in [0.717, 1.165) is 17.4 Å². The summed E-state index contributed by atoms with van der Waals surface area (Å²) < 4.78 is 7.13. The van der Waals surface area contributed by atoms with E-state index in [1.165, 1.54) is 5.56 Å². The second-order valence-corrected chi connectivity index (χ2v) is 6.59. The van der Waals surface area contributed by atoms with E-state index >= 15 is 0 Å². The molecule has 136 valence electrons. The average molecular weight is 360 g/mol. The van der Waals surface area contributed by atoms with Crippen molar-refractivity contribution in [3.05, 3.63) is 81.8 Å². The van der Waals surface area contributed by atoms with Crippen molar-refractivity contribution in [3.63, 3.8) is 0 Å². The molecule has 0 aliphatic rings. The van der Waals surface area contributed by atoms with Crippen molar-refractivity contribution < 1.29 is 9.21 Å². The van der Waals surface area contributed by atoms with E-state index < -0.39 is 5.63 Å². The fraction of sp³-hybridized carbons (Fsp3) is 0.182. The second kappa shape index (κ2) is 6.76. The number of aryl methyl sites for hydroxylation is 2. The van der Waals surface area contributed by atoms with Crippen molar-refractivity contribution in [2.45, 2.75) is 19.9 Å². The van der Waals surface area contributed by atoms with E-state index in [4.69, 9.17) is 4.42 Å². The van der Waals surface area contributed by atoms with Crippen molar-refractivity contribution in [3.8, 4) is 0 Å². The topological polar surface area (TPSA) is 64.2 Å². The van der Waals surface area contributed by atoms with Crippen LogP contribution in [0.1, 0.15) is 28.5 Å². The maximum absolute atomic E-state index is 12.7. The minimum atomic E-state index is -0.437. The standard InChI is InChI=1S/C22H20N2O3/c1-3-14-8-10-15(11-9-14)13-23-21(25)18-12-17-20(24(18)2)16-6-4-5-7-19(16)27-22(17)26/h4-12H,3,13H2,1-2H3,(H,23,25). The Bertz CT molecular complexity index is 1200. The molecule has 0 fully saturated rings. The number of nitrogens with zero attached hydrogens (tertiary/aromatic N) is 1. The van der Waals surface area contributed by atoms with Crippen LogP contribution in [0.5, 0.6) is 0 Å². The molecule has 5 heteroatoms. The van der Waals surface area contributed by atoms with Crippen LogP contribution in [0.3, 0.4) is 0 Å². The third kappa shape index (κ3) is 3.01. The SMILES string of the molecule is CCc1ccc(CNC(=O)c2cc3c(=O)oc4ccccc4c3n2C)cc1. The highest BCUT2D eigenvalue weighted by atomic mass is 16.4. The average Bonchev–Trinajstić information content (AvgIpc) is 3.05. The molecule has 5 nitrogen and oxygen atoms in total. The van der Waals surface area contributed by atoms with E-state index in [-0.39, 0.29) is 5.91 Å². The lowest BCUT2D eigenvalue weighted by Crippen LogP contribution is -2.24. The van der Waals surface area contributed by atoms with Crippen LogP contribution in [0.25, 0.3) is 21.9 Å². The van der Waals surface area contributed by atoms with Gasteiger partial charge in [0.1, 0.15) is 11.3 Å². The number of hydrogen-bond donors (Lipinski definition) is 1. The smallest absolute Gasteiger partial charge is 0.345 e. The molecule has 0 saturated carbocycles. The number of carbonyl (C=O) groups excluding carboxylic acids is 1. The Morgan fingerprint density at radius 1 is 1.04 bits per heavy atom. The van der Waals surface area contributed by atoms with Crippen LogP contribution in [0, 0.1) is 0 Å². The van der Waals surface area contributed by atoms with Gasteiger partial charge in [-0.15, -0.1) is 0 Å². The molecule has 2 heterocycles. The third-order valence-corrected chi connectivity index (χ3v) is 4.91. The van der Waals surface area contributed by atoms with E-state index in [1.54, 1.807) is 23.7 Å². The van der Waals surface area contributed by atoms with Crippen molar-refractivity contribution in [1.82, 2.24) is 9.88 Å². The Labute approximate surface area is 156 Å². The van der Waals surface area contributed by atoms with E-state index in [0.29, 0.717) is 28.7 Å². The van der Waals surface area contributed by atoms with Crippen LogP contribution in [-0.2, 0) is 20.0 Å². The van der Waals surface area contributed by atoms with Gasteiger partial charge in [-0.25, -0.2) is 4.79 Å². The summed E-state index contributed by atoms with van der Waals surface area (Å²) in [6.07, 6.45) is 0.985. The lowest BCUT2D eigenvalue weighted by molar-refractivity contribution is 0.0943. The molecule has 0 radical (unpaired) electrons. The minimum absolute atomic E-state index is 0.225. The van der Waals surface area contributed by atoms with Gasteiger partial charge >= 0.3 is 5.63 Å². The molecule has 27 heavy (non-hydrogen) atoms. The van der Waals surface area contributed by atoms with Gasteiger partial charge in [0.15, 0.2) is 0 Å². The number of amides is 1. The fourth-order valence-electron chi connectivity index (χ4n) is 3.37. The molecule has 0 atom stereocenters. The Hall–Kier alpha value is -3.34. The summed E-state index contributed by atoms with van der Waals surface area (Å²) in [6.45, 7) is 2.54. The van der Waals surface area contributed by atoms with Crippen molar-refractivity contribution in [2.24, 2.45) is 7.05 Å². The normalized spacial score (nSPS) is 11.2. The zero-order valence-corrected chi connectivity index (χ0v) is 15.3. The molecular formula is C22H20N2O3. The first-order valence-electron chi connectivity index (χ1n) is 8.95. The monoisotopic (exact) mass is 360 g/mol. The van der Waals surface area contributed by atoms with Crippen LogP contribution < -0.4 is 10.9 Å². The number of para-hydroxylation sites is 1. The summed E-state index contributed by atoms with van der Waals surface area (Å²) in [7, 11) is 1.79. The molecule has 1 amide bonds. The first-order valence-corrected chi connectivity index (χ1v) is 8.95. The quantitative estimate of drug-likeness (QED) is 0.563. The molecule has 4 rings (SSSR count). The van der Waals surface area contributed by atoms with Crippen LogP contribution in [0.15, 0.2) is 63.8 Å². The maximum atomic E-state index is 12.7. The minimum Gasteiger partial charge on any atom is -0.422 e. The summed E-state index contributed by atoms with van der Waals surface area (Å²) in [6, 6.07) is 17.1. The highest BCUT2D eigenvalue weighted by Gasteiger charge is 2.18. The van der Waals surface area contributed by atoms with Crippen molar-refractivity contribution in [2.75, 3.05) is 0 Å². The summed E-state index contributed by atoms with van der Waals surface area (Å²) in [5.41, 5.74) is 3.51. The fourth-order valence-corrected chi connectivity index (χ4v) is 3.37. The number of rotatable bonds is 4. The van der Waals surface area contributed by atoms with E-state index in [1.807, 2.05) is 30.3 Å². The van der Waals surface area contributed by atoms with Gasteiger partial charge in [0.05, 0.1) is 10.9 Å². The van der Waals surface area contributed by atoms with Gasteiger partial charge in [-0.1, -0.05) is 43.3 Å². The number of benzene rings is 2. The molecular weight excluding hydrogens is 340 g/mol. The Morgan fingerprint density at radius 2 is 1.74 bits per heavy atom. The molecule has 0 bridgehead atoms. The molecule has 0 aliphatic carbocycles. The van der Waals surface area contributed by atoms with E-state index in [2.05, 4.69) is 24.4 Å². The summed E-state index contributed by atoms with van der Waals surface area (Å²) in [5.74, 6) is -0.225. The summed E-state index contributed by atoms with van der Waals surface area (Å²) >= 11 is 0. The van der Waals surface area contributed by atoms with Gasteiger partial charge in [0.2, 0.25) is 0 Å². The number of hydrogen-bond acceptors (Lipinski definition) is 3. The molecule has 0 spiro atoms. The van der Waals surface area contributed by atoms with Crippen molar-refractivity contribution >= 4 is 27.8 Å². The van der Waals surface area contributed by atoms with Gasteiger partial charge in [-0.2, -0.15) is 0 Å². The molecule has 0 saturated heterocycles. The maximum Gasteiger partial charge on any atom is 0.345 e. The van der Waals surface area contributed by atoms with Gasteiger partial charge in [-0.05, 0) is 35.7 Å². The molecule has 2 aromatic heterocycles. The van der Waals surface area contributed by atoms with Crippen LogP contribution >= 0.6 is 0 Å². The second-order valence-electron chi connectivity index (χ2n) is 6.59. The molecule has 2 aromatic carbocycles. The zero-order valence-electron chi connectivity index (χ0n) is 15.3. The van der Waals surface area contributed by atoms with Crippen LogP contribution in [0.4, 0.5) is 0 Å². The number of carbonyl (C=O) groups is 1. The Morgan fingerprint density at radius 3 is 2.48 bits per heavy atom. The highest BCUT2D eigenvalue weighted by molar-refractivity contribution is 6.07. The summed E-state index contributed by atoms with van der Waals surface area (Å²) in [5, 5.41) is 4.15.